The molecule has 146 valence electrons. The third-order valence-corrected chi connectivity index (χ3v) is 4.38. The van der Waals surface area contributed by atoms with Crippen LogP contribution in [0, 0.1) is 5.92 Å². The fourth-order valence-electron chi connectivity index (χ4n) is 2.72. The third-order valence-electron chi connectivity index (χ3n) is 4.38. The summed E-state index contributed by atoms with van der Waals surface area (Å²) in [5.74, 6) is 0.383. The van der Waals surface area contributed by atoms with Crippen LogP contribution in [0.3, 0.4) is 0 Å². The van der Waals surface area contributed by atoms with Crippen molar-refractivity contribution in [3.8, 4) is 11.5 Å². The zero-order valence-electron chi connectivity index (χ0n) is 15.9. The topological polar surface area (TPSA) is 92.5 Å². The molecule has 0 unspecified atom stereocenters. The normalized spacial score (nSPS) is 15.1. The van der Waals surface area contributed by atoms with Gasteiger partial charge in [-0.15, -0.1) is 5.10 Å². The molecular weight excluding hydrogens is 346 g/mol. The summed E-state index contributed by atoms with van der Waals surface area (Å²) in [5.41, 5.74) is 1.56. The van der Waals surface area contributed by atoms with Crippen LogP contribution in [-0.2, 0) is 9.53 Å². The Morgan fingerprint density at radius 1 is 1.19 bits per heavy atom. The molecule has 1 aromatic heterocycles. The molecule has 1 saturated heterocycles. The van der Waals surface area contributed by atoms with E-state index in [1.54, 1.807) is 0 Å². The average molecular weight is 373 g/mol. The Balaban J connectivity index is 1.46. The number of nitrogens with one attached hydrogen (secondary N) is 2. The lowest BCUT2D eigenvalue weighted by atomic mass is 10.1. The predicted octanol–water partition coefficient (Wildman–Crippen LogP) is 2.47. The highest BCUT2D eigenvalue weighted by atomic mass is 16.5. The number of ether oxygens (including phenoxy) is 1. The fraction of sp³-hybridized carbons (Fsp3) is 0.526. The molecule has 0 radical (unpaired) electrons. The van der Waals surface area contributed by atoms with E-state index >= 15 is 0 Å². The van der Waals surface area contributed by atoms with Crippen molar-refractivity contribution in [2.75, 3.05) is 50.0 Å². The number of carbonyl (C=O) groups excluding carboxylic acids is 1. The quantitative estimate of drug-likeness (QED) is 0.687. The van der Waals surface area contributed by atoms with Crippen LogP contribution in [0.25, 0.3) is 11.5 Å². The molecule has 0 bridgehead atoms. The van der Waals surface area contributed by atoms with Crippen LogP contribution in [0.1, 0.15) is 20.3 Å². The lowest BCUT2D eigenvalue weighted by Gasteiger charge is -2.26. The monoisotopic (exact) mass is 373 g/mol. The van der Waals surface area contributed by atoms with Gasteiger partial charge in [-0.05, 0) is 37.2 Å². The van der Waals surface area contributed by atoms with Gasteiger partial charge in [0, 0.05) is 36.8 Å². The van der Waals surface area contributed by atoms with Crippen molar-refractivity contribution in [1.82, 2.24) is 15.1 Å². The summed E-state index contributed by atoms with van der Waals surface area (Å²) in [7, 11) is 0. The van der Waals surface area contributed by atoms with E-state index in [-0.39, 0.29) is 11.8 Å². The Bertz CT molecular complexity index is 723. The number of nitrogens with zero attached hydrogens (tertiary/aromatic N) is 3. The highest BCUT2D eigenvalue weighted by Gasteiger charge is 2.11. The minimum atomic E-state index is -0.0579. The van der Waals surface area contributed by atoms with Gasteiger partial charge in [-0.25, -0.2) is 0 Å². The molecule has 1 amide bonds. The smallest absolute Gasteiger partial charge is 0.315 e. The van der Waals surface area contributed by atoms with Crippen molar-refractivity contribution in [1.29, 1.82) is 0 Å². The molecule has 1 aliphatic heterocycles. The van der Waals surface area contributed by atoms with Gasteiger partial charge in [-0.2, -0.15) is 0 Å². The molecule has 3 rings (SSSR count). The number of morpholine rings is 1. The van der Waals surface area contributed by atoms with Crippen molar-refractivity contribution in [2.24, 2.45) is 5.92 Å². The Morgan fingerprint density at radius 3 is 2.63 bits per heavy atom. The molecule has 1 aromatic carbocycles. The molecule has 1 fully saturated rings. The summed E-state index contributed by atoms with van der Waals surface area (Å²) in [6.45, 7) is 9.16. The summed E-state index contributed by atoms with van der Waals surface area (Å²) in [6, 6.07) is 7.78. The summed E-state index contributed by atoms with van der Waals surface area (Å²) in [5, 5.41) is 14.1. The Morgan fingerprint density at radius 2 is 1.93 bits per heavy atom. The zero-order chi connectivity index (χ0) is 19.1. The molecule has 0 aliphatic carbocycles. The number of hydrogen-bond donors (Lipinski definition) is 2. The van der Waals surface area contributed by atoms with Gasteiger partial charge in [-0.3, -0.25) is 9.69 Å². The van der Waals surface area contributed by atoms with Crippen LogP contribution >= 0.6 is 0 Å². The second kappa shape index (κ2) is 9.48. The van der Waals surface area contributed by atoms with Crippen LogP contribution in [0.2, 0.25) is 0 Å². The summed E-state index contributed by atoms with van der Waals surface area (Å²) in [4.78, 5) is 14.1. The first-order valence-electron chi connectivity index (χ1n) is 9.40. The molecule has 27 heavy (non-hydrogen) atoms. The molecule has 2 aromatic rings. The van der Waals surface area contributed by atoms with E-state index in [1.807, 2.05) is 38.1 Å². The number of hydrogen-bond acceptors (Lipinski definition) is 7. The van der Waals surface area contributed by atoms with Gasteiger partial charge in [0.2, 0.25) is 11.8 Å². The maximum absolute atomic E-state index is 11.7. The number of aromatic nitrogens is 2. The standard InChI is InChI=1S/C19H27N5O3/c1-14(2)17(25)21-16-6-4-15(5-7-16)18-22-23-19(27-18)20-8-3-9-24-10-12-26-13-11-24/h4-7,14H,3,8-13H2,1-2H3,(H,20,23)(H,21,25). The SMILES string of the molecule is CC(C)C(=O)Nc1ccc(-c2nnc(NCCCN3CCOCC3)o2)cc1. The van der Waals surface area contributed by atoms with Gasteiger partial charge in [0.1, 0.15) is 0 Å². The van der Waals surface area contributed by atoms with Crippen LogP contribution in [0.4, 0.5) is 11.7 Å². The minimum absolute atomic E-state index is 0.0101. The van der Waals surface area contributed by atoms with E-state index < -0.39 is 0 Å². The summed E-state index contributed by atoms with van der Waals surface area (Å²) < 4.78 is 11.0. The van der Waals surface area contributed by atoms with E-state index in [4.69, 9.17) is 9.15 Å². The number of benzene rings is 1. The summed E-state index contributed by atoms with van der Waals surface area (Å²) in [6.07, 6.45) is 1.00. The first-order chi connectivity index (χ1) is 13.1. The second-order valence-corrected chi connectivity index (χ2v) is 6.87. The lowest BCUT2D eigenvalue weighted by molar-refractivity contribution is -0.118. The molecular formula is C19H27N5O3. The van der Waals surface area contributed by atoms with Gasteiger partial charge in [-0.1, -0.05) is 18.9 Å². The lowest BCUT2D eigenvalue weighted by Crippen LogP contribution is -2.37. The van der Waals surface area contributed by atoms with E-state index in [0.29, 0.717) is 11.9 Å². The van der Waals surface area contributed by atoms with Crippen LogP contribution in [0.15, 0.2) is 28.7 Å². The molecule has 0 spiro atoms. The van der Waals surface area contributed by atoms with Crippen molar-refractivity contribution in [2.45, 2.75) is 20.3 Å². The minimum Gasteiger partial charge on any atom is -0.403 e. The molecule has 2 N–H and O–H groups in total. The average Bonchev–Trinajstić information content (AvgIpc) is 3.15. The number of anilines is 2. The maximum atomic E-state index is 11.7. The first-order valence-corrected chi connectivity index (χ1v) is 9.40. The predicted molar refractivity (Wildman–Crippen MR) is 104 cm³/mol. The molecule has 2 heterocycles. The largest absolute Gasteiger partial charge is 0.403 e. The van der Waals surface area contributed by atoms with Gasteiger partial charge < -0.3 is 19.8 Å². The van der Waals surface area contributed by atoms with Gasteiger partial charge >= 0.3 is 6.01 Å². The highest BCUT2D eigenvalue weighted by Crippen LogP contribution is 2.22. The first kappa shape index (κ1) is 19.3. The molecule has 0 saturated carbocycles. The number of amides is 1. The highest BCUT2D eigenvalue weighted by molar-refractivity contribution is 5.92. The van der Waals surface area contributed by atoms with E-state index in [0.717, 1.165) is 57.1 Å². The Kier molecular flexibility index (Phi) is 6.78. The van der Waals surface area contributed by atoms with E-state index in [9.17, 15) is 4.79 Å². The Hall–Kier alpha value is -2.45. The Labute approximate surface area is 159 Å². The van der Waals surface area contributed by atoms with Gasteiger partial charge in [0.05, 0.1) is 13.2 Å². The maximum Gasteiger partial charge on any atom is 0.315 e. The molecule has 8 heteroatoms. The van der Waals surface area contributed by atoms with Crippen molar-refractivity contribution in [3.63, 3.8) is 0 Å². The van der Waals surface area contributed by atoms with Crippen molar-refractivity contribution >= 4 is 17.6 Å². The third kappa shape index (κ3) is 5.77. The molecule has 8 nitrogen and oxygen atoms in total. The van der Waals surface area contributed by atoms with Gasteiger partial charge in [0.25, 0.3) is 0 Å². The van der Waals surface area contributed by atoms with E-state index in [2.05, 4.69) is 25.7 Å². The van der Waals surface area contributed by atoms with Crippen LogP contribution in [0.5, 0.6) is 0 Å². The number of rotatable bonds is 8. The van der Waals surface area contributed by atoms with Crippen LogP contribution in [-0.4, -0.2) is 60.4 Å². The van der Waals surface area contributed by atoms with Gasteiger partial charge in [0.15, 0.2) is 0 Å². The fourth-order valence-corrected chi connectivity index (χ4v) is 2.72. The number of carbonyl (C=O) groups is 1. The molecule has 0 atom stereocenters. The van der Waals surface area contributed by atoms with E-state index in [1.165, 1.54) is 0 Å². The summed E-state index contributed by atoms with van der Waals surface area (Å²) >= 11 is 0. The zero-order valence-corrected chi connectivity index (χ0v) is 15.9. The van der Waals surface area contributed by atoms with Crippen molar-refractivity contribution < 1.29 is 13.9 Å². The second-order valence-electron chi connectivity index (χ2n) is 6.87. The van der Waals surface area contributed by atoms with Crippen LogP contribution < -0.4 is 10.6 Å². The van der Waals surface area contributed by atoms with Crippen molar-refractivity contribution in [3.05, 3.63) is 24.3 Å². The molecule has 1 aliphatic rings.